The van der Waals surface area contributed by atoms with E-state index in [1.807, 2.05) is 0 Å². The second-order valence-electron chi connectivity index (χ2n) is 7.15. The Morgan fingerprint density at radius 3 is 2.62 bits per heavy atom. The molecule has 10 heteroatoms. The Bertz CT molecular complexity index is 1360. The molecule has 4 aromatic rings. The van der Waals surface area contributed by atoms with Crippen LogP contribution in [0.1, 0.15) is 21.7 Å². The lowest BCUT2D eigenvalue weighted by Gasteiger charge is -2.08. The quantitative estimate of drug-likeness (QED) is 0.487. The predicted molar refractivity (Wildman–Crippen MR) is 116 cm³/mol. The van der Waals surface area contributed by atoms with Crippen molar-refractivity contribution in [2.45, 2.75) is 19.0 Å². The molecule has 0 unspecified atom stereocenters. The number of amides is 1. The first-order valence-electron chi connectivity index (χ1n) is 9.56. The number of nitrogens with one attached hydrogen (secondary N) is 1. The first-order valence-corrected chi connectivity index (χ1v) is 10.4. The van der Waals surface area contributed by atoms with Gasteiger partial charge in [0.2, 0.25) is 5.91 Å². The largest absolute Gasteiger partial charge is 0.416 e. The molecule has 0 aliphatic carbocycles. The zero-order valence-electron chi connectivity index (χ0n) is 16.8. The van der Waals surface area contributed by atoms with Crippen LogP contribution in [-0.2, 0) is 30.9 Å². The molecule has 0 aliphatic rings. The lowest BCUT2D eigenvalue weighted by Crippen LogP contribution is -2.24. The molecule has 0 bridgehead atoms. The van der Waals surface area contributed by atoms with E-state index in [9.17, 15) is 22.8 Å². The molecule has 0 aliphatic heterocycles. The summed E-state index contributed by atoms with van der Waals surface area (Å²) in [5.41, 5.74) is 0.0112. The van der Waals surface area contributed by atoms with Crippen LogP contribution >= 0.6 is 11.3 Å². The van der Waals surface area contributed by atoms with Crippen molar-refractivity contribution in [3.63, 3.8) is 0 Å². The number of halogens is 3. The number of fused-ring (bicyclic) bond motifs is 1. The highest BCUT2D eigenvalue weighted by Gasteiger charge is 2.30. The number of carbonyl (C=O) groups is 1. The summed E-state index contributed by atoms with van der Waals surface area (Å²) < 4.78 is 39.9. The van der Waals surface area contributed by atoms with E-state index in [-0.39, 0.29) is 24.3 Å². The highest BCUT2D eigenvalue weighted by atomic mass is 32.1. The molecule has 0 saturated carbocycles. The van der Waals surface area contributed by atoms with Crippen molar-refractivity contribution in [3.05, 3.63) is 86.8 Å². The third-order valence-electron chi connectivity index (χ3n) is 4.79. The van der Waals surface area contributed by atoms with Gasteiger partial charge in [-0.3, -0.25) is 9.59 Å². The number of rotatable bonds is 5. The normalized spacial score (nSPS) is 11.6. The summed E-state index contributed by atoms with van der Waals surface area (Å²) in [5.74, 6) is -0.360. The van der Waals surface area contributed by atoms with E-state index >= 15 is 0 Å². The van der Waals surface area contributed by atoms with Crippen LogP contribution in [0.15, 0.2) is 59.5 Å². The maximum absolute atomic E-state index is 12.9. The van der Waals surface area contributed by atoms with Gasteiger partial charge < -0.3 is 5.32 Å². The lowest BCUT2D eigenvalue weighted by atomic mass is 10.1. The second-order valence-corrected chi connectivity index (χ2v) is 8.27. The fourth-order valence-corrected chi connectivity index (χ4v) is 4.19. The van der Waals surface area contributed by atoms with Gasteiger partial charge in [0.15, 0.2) is 5.13 Å². The summed E-state index contributed by atoms with van der Waals surface area (Å²) in [6.45, 7) is 0. The molecule has 0 spiro atoms. The number of aryl methyl sites for hydroxylation is 1. The molecule has 164 valence electrons. The number of benzene rings is 2. The lowest BCUT2D eigenvalue weighted by molar-refractivity contribution is -0.137. The topological polar surface area (TPSA) is 76.9 Å². The summed E-state index contributed by atoms with van der Waals surface area (Å²) in [6, 6.07) is 12.1. The van der Waals surface area contributed by atoms with Crippen LogP contribution in [0.4, 0.5) is 18.3 Å². The van der Waals surface area contributed by atoms with Gasteiger partial charge in [-0.2, -0.15) is 18.3 Å². The second kappa shape index (κ2) is 8.54. The number of carbonyl (C=O) groups excluding carboxylic acids is 1. The average molecular weight is 458 g/mol. The molecule has 0 fully saturated rings. The van der Waals surface area contributed by atoms with Crippen molar-refractivity contribution in [3.8, 4) is 0 Å². The maximum Gasteiger partial charge on any atom is 0.416 e. The number of thiazole rings is 1. The first kappa shape index (κ1) is 21.7. The molecule has 6 nitrogen and oxygen atoms in total. The molecule has 2 aromatic carbocycles. The van der Waals surface area contributed by atoms with E-state index in [1.165, 1.54) is 35.3 Å². The van der Waals surface area contributed by atoms with Gasteiger partial charge in [0, 0.05) is 29.9 Å². The molecule has 0 atom stereocenters. The van der Waals surface area contributed by atoms with Crippen LogP contribution in [-0.4, -0.2) is 20.7 Å². The smallest absolute Gasteiger partial charge is 0.302 e. The zero-order valence-corrected chi connectivity index (χ0v) is 17.6. The fourth-order valence-electron chi connectivity index (χ4n) is 3.33. The van der Waals surface area contributed by atoms with Crippen molar-refractivity contribution < 1.29 is 18.0 Å². The first-order chi connectivity index (χ1) is 15.2. The maximum atomic E-state index is 12.9. The van der Waals surface area contributed by atoms with E-state index in [4.69, 9.17) is 0 Å². The van der Waals surface area contributed by atoms with Crippen molar-refractivity contribution in [2.24, 2.45) is 7.05 Å². The Morgan fingerprint density at radius 2 is 1.88 bits per heavy atom. The Morgan fingerprint density at radius 1 is 1.12 bits per heavy atom. The van der Waals surface area contributed by atoms with Crippen molar-refractivity contribution in [2.75, 3.05) is 5.32 Å². The minimum absolute atomic E-state index is 0.0584. The van der Waals surface area contributed by atoms with E-state index in [2.05, 4.69) is 15.4 Å². The molecule has 1 N–H and O–H groups in total. The van der Waals surface area contributed by atoms with Crippen LogP contribution in [0, 0.1) is 0 Å². The van der Waals surface area contributed by atoms with Crippen LogP contribution in [0.3, 0.4) is 0 Å². The summed E-state index contributed by atoms with van der Waals surface area (Å²) in [7, 11) is 1.52. The van der Waals surface area contributed by atoms with E-state index < -0.39 is 11.7 Å². The van der Waals surface area contributed by atoms with Gasteiger partial charge in [0.05, 0.1) is 23.1 Å². The summed E-state index contributed by atoms with van der Waals surface area (Å²) in [6.07, 6.45) is -2.66. The van der Waals surface area contributed by atoms with Crippen molar-refractivity contribution >= 4 is 33.1 Å². The number of aromatic nitrogens is 3. The summed E-state index contributed by atoms with van der Waals surface area (Å²) in [5, 5.41) is 8.32. The Balaban J connectivity index is 1.47. The van der Waals surface area contributed by atoms with Crippen LogP contribution in [0.25, 0.3) is 10.8 Å². The Kier molecular flexibility index (Phi) is 5.79. The van der Waals surface area contributed by atoms with Crippen LogP contribution < -0.4 is 10.9 Å². The van der Waals surface area contributed by atoms with Gasteiger partial charge in [-0.05, 0) is 17.7 Å². The fraction of sp³-hybridized carbons (Fsp3) is 0.182. The SMILES string of the molecule is Cn1nc(CC(=O)Nc2ncc(Cc3cccc(C(F)(F)F)c3)s2)c2ccccc2c1=O. The van der Waals surface area contributed by atoms with Crippen molar-refractivity contribution in [1.82, 2.24) is 14.8 Å². The number of hydrogen-bond donors (Lipinski definition) is 1. The monoisotopic (exact) mass is 458 g/mol. The number of hydrogen-bond acceptors (Lipinski definition) is 5. The minimum atomic E-state index is -4.40. The minimum Gasteiger partial charge on any atom is -0.302 e. The van der Waals surface area contributed by atoms with Gasteiger partial charge in [-0.1, -0.05) is 36.4 Å². The molecular weight excluding hydrogens is 441 g/mol. The van der Waals surface area contributed by atoms with Crippen LogP contribution in [0.2, 0.25) is 0 Å². The summed E-state index contributed by atoms with van der Waals surface area (Å²) >= 11 is 1.19. The molecule has 4 rings (SSSR count). The zero-order chi connectivity index (χ0) is 22.9. The van der Waals surface area contributed by atoms with Gasteiger partial charge in [0.1, 0.15) is 0 Å². The molecule has 1 amide bonds. The van der Waals surface area contributed by atoms with Crippen molar-refractivity contribution in [1.29, 1.82) is 0 Å². The standard InChI is InChI=1S/C22H17F3N4O2S/c1-29-20(31)17-8-3-2-7-16(17)18(28-29)11-19(30)27-21-26-12-15(32-21)10-13-5-4-6-14(9-13)22(23,24)25/h2-9,12H,10-11H2,1H3,(H,26,27,30). The predicted octanol–water partition coefficient (Wildman–Crippen LogP) is 4.18. The van der Waals surface area contributed by atoms with E-state index in [0.29, 0.717) is 32.0 Å². The van der Waals surface area contributed by atoms with E-state index in [1.54, 1.807) is 30.3 Å². The summed E-state index contributed by atoms with van der Waals surface area (Å²) in [4.78, 5) is 29.6. The third kappa shape index (κ3) is 4.70. The number of anilines is 1. The van der Waals surface area contributed by atoms with Crippen LogP contribution in [0.5, 0.6) is 0 Å². The Labute approximate surface area is 184 Å². The van der Waals surface area contributed by atoms with Gasteiger partial charge >= 0.3 is 6.18 Å². The van der Waals surface area contributed by atoms with Gasteiger partial charge in [-0.25, -0.2) is 9.67 Å². The molecule has 0 radical (unpaired) electrons. The number of nitrogens with zero attached hydrogens (tertiary/aromatic N) is 3. The average Bonchev–Trinajstić information content (AvgIpc) is 3.18. The molecule has 2 heterocycles. The van der Waals surface area contributed by atoms with Gasteiger partial charge in [-0.15, -0.1) is 11.3 Å². The Hall–Kier alpha value is -3.53. The van der Waals surface area contributed by atoms with E-state index in [0.717, 1.165) is 12.1 Å². The molecular formula is C22H17F3N4O2S. The molecule has 2 aromatic heterocycles. The number of alkyl halides is 3. The highest BCUT2D eigenvalue weighted by Crippen LogP contribution is 2.30. The third-order valence-corrected chi connectivity index (χ3v) is 5.71. The molecule has 32 heavy (non-hydrogen) atoms. The highest BCUT2D eigenvalue weighted by molar-refractivity contribution is 7.15. The molecule has 0 saturated heterocycles. The van der Waals surface area contributed by atoms with Gasteiger partial charge in [0.25, 0.3) is 5.56 Å².